The maximum Gasteiger partial charge on any atom is 0.119 e. The second kappa shape index (κ2) is 5.71. The Hall–Kier alpha value is -1.74. The molecule has 0 amide bonds. The predicted octanol–water partition coefficient (Wildman–Crippen LogP) is 3.08. The lowest BCUT2D eigenvalue weighted by atomic mass is 9.93. The number of aryl methyl sites for hydroxylation is 2. The largest absolute Gasteiger partial charge is 0.497 e. The minimum Gasteiger partial charge on any atom is -0.497 e. The Bertz CT molecular complexity index is 588. The van der Waals surface area contributed by atoms with E-state index in [2.05, 4.69) is 35.0 Å². The van der Waals surface area contributed by atoms with Crippen LogP contribution in [0.5, 0.6) is 5.75 Å². The highest BCUT2D eigenvalue weighted by molar-refractivity contribution is 5.30. The van der Waals surface area contributed by atoms with E-state index in [0.717, 1.165) is 31.6 Å². The predicted molar refractivity (Wildman–Crippen MR) is 81.0 cm³/mol. The van der Waals surface area contributed by atoms with E-state index in [4.69, 9.17) is 10.5 Å². The van der Waals surface area contributed by atoms with Gasteiger partial charge in [0.2, 0.25) is 0 Å². The van der Waals surface area contributed by atoms with Crippen molar-refractivity contribution in [3.63, 3.8) is 0 Å². The van der Waals surface area contributed by atoms with Crippen LogP contribution in [-0.4, -0.2) is 11.7 Å². The third-order valence-corrected chi connectivity index (χ3v) is 4.22. The Morgan fingerprint density at radius 3 is 3.10 bits per heavy atom. The minimum absolute atomic E-state index is 0.233. The van der Waals surface area contributed by atoms with Gasteiger partial charge in [0.05, 0.1) is 7.11 Å². The van der Waals surface area contributed by atoms with Gasteiger partial charge in [0.1, 0.15) is 5.75 Å². The van der Waals surface area contributed by atoms with E-state index in [9.17, 15) is 0 Å². The van der Waals surface area contributed by atoms with Crippen molar-refractivity contribution >= 4 is 0 Å². The summed E-state index contributed by atoms with van der Waals surface area (Å²) in [7, 11) is 1.71. The van der Waals surface area contributed by atoms with Crippen molar-refractivity contribution < 1.29 is 4.74 Å². The van der Waals surface area contributed by atoms with Crippen LogP contribution in [0.1, 0.15) is 35.7 Å². The summed E-state index contributed by atoms with van der Waals surface area (Å²) in [6, 6.07) is 10.7. The first-order valence-electron chi connectivity index (χ1n) is 7.34. The van der Waals surface area contributed by atoms with Crippen molar-refractivity contribution in [3.05, 3.63) is 53.3 Å². The first kappa shape index (κ1) is 13.3. The van der Waals surface area contributed by atoms with Crippen molar-refractivity contribution in [2.24, 2.45) is 5.73 Å². The van der Waals surface area contributed by atoms with Gasteiger partial charge < -0.3 is 15.0 Å². The maximum atomic E-state index is 6.17. The van der Waals surface area contributed by atoms with Crippen molar-refractivity contribution in [2.45, 2.75) is 38.3 Å². The number of fused-ring (bicyclic) bond motifs is 1. The van der Waals surface area contributed by atoms with E-state index in [1.54, 1.807) is 7.11 Å². The summed E-state index contributed by atoms with van der Waals surface area (Å²) in [5.74, 6) is 0.930. The van der Waals surface area contributed by atoms with Crippen LogP contribution in [0, 0.1) is 0 Å². The minimum atomic E-state index is 0.233. The standard InChI is InChI=1S/C17H22N2O/c1-20-14-5-2-4-13(12-14)8-10-19-11-9-15-16(18)6-3-7-17(15)19/h2,4-5,9,11-12,16H,3,6-8,10,18H2,1H3. The van der Waals surface area contributed by atoms with Crippen LogP contribution in [0.15, 0.2) is 36.5 Å². The SMILES string of the molecule is COc1cccc(CCn2ccc3c2CCCC3N)c1. The smallest absolute Gasteiger partial charge is 0.119 e. The summed E-state index contributed by atoms with van der Waals surface area (Å²) in [5.41, 5.74) is 10.3. The third-order valence-electron chi connectivity index (χ3n) is 4.22. The molecule has 1 aromatic carbocycles. The van der Waals surface area contributed by atoms with Crippen molar-refractivity contribution in [1.29, 1.82) is 0 Å². The van der Waals surface area contributed by atoms with Crippen LogP contribution in [0.4, 0.5) is 0 Å². The number of aromatic nitrogens is 1. The number of nitrogens with zero attached hydrogens (tertiary/aromatic N) is 1. The Balaban J connectivity index is 1.72. The fourth-order valence-corrected chi connectivity index (χ4v) is 3.08. The molecule has 0 saturated carbocycles. The summed E-state index contributed by atoms with van der Waals surface area (Å²) in [6.45, 7) is 1.01. The summed E-state index contributed by atoms with van der Waals surface area (Å²) < 4.78 is 7.64. The summed E-state index contributed by atoms with van der Waals surface area (Å²) in [5, 5.41) is 0. The average molecular weight is 270 g/mol. The number of hydrogen-bond donors (Lipinski definition) is 1. The van der Waals surface area contributed by atoms with Gasteiger partial charge in [0.15, 0.2) is 0 Å². The molecule has 1 heterocycles. The van der Waals surface area contributed by atoms with Crippen LogP contribution in [0.25, 0.3) is 0 Å². The monoisotopic (exact) mass is 270 g/mol. The molecule has 1 aliphatic rings. The van der Waals surface area contributed by atoms with E-state index in [1.807, 2.05) is 6.07 Å². The number of benzene rings is 1. The Morgan fingerprint density at radius 1 is 1.35 bits per heavy atom. The molecule has 0 spiro atoms. The highest BCUT2D eigenvalue weighted by atomic mass is 16.5. The molecule has 1 aromatic heterocycles. The molecule has 3 rings (SSSR count). The average Bonchev–Trinajstić information content (AvgIpc) is 2.90. The van der Waals surface area contributed by atoms with Crippen LogP contribution in [-0.2, 0) is 19.4 Å². The normalized spacial score (nSPS) is 17.8. The van der Waals surface area contributed by atoms with Gasteiger partial charge in [-0.15, -0.1) is 0 Å². The van der Waals surface area contributed by atoms with Gasteiger partial charge in [-0.3, -0.25) is 0 Å². The van der Waals surface area contributed by atoms with Gasteiger partial charge in [-0.2, -0.15) is 0 Å². The molecule has 3 nitrogen and oxygen atoms in total. The number of ether oxygens (including phenoxy) is 1. The van der Waals surface area contributed by atoms with E-state index in [-0.39, 0.29) is 6.04 Å². The second-order valence-corrected chi connectivity index (χ2v) is 5.51. The van der Waals surface area contributed by atoms with Crippen LogP contribution in [0.3, 0.4) is 0 Å². The molecule has 0 saturated heterocycles. The highest BCUT2D eigenvalue weighted by Crippen LogP contribution is 2.29. The molecular formula is C17H22N2O. The molecule has 2 N–H and O–H groups in total. The van der Waals surface area contributed by atoms with Gasteiger partial charge in [0.25, 0.3) is 0 Å². The van der Waals surface area contributed by atoms with E-state index in [1.165, 1.54) is 23.2 Å². The van der Waals surface area contributed by atoms with Crippen molar-refractivity contribution in [3.8, 4) is 5.75 Å². The summed E-state index contributed by atoms with van der Waals surface area (Å²) >= 11 is 0. The molecule has 2 aromatic rings. The molecule has 1 unspecified atom stereocenters. The zero-order valence-electron chi connectivity index (χ0n) is 12.0. The van der Waals surface area contributed by atoms with Gasteiger partial charge in [-0.25, -0.2) is 0 Å². The van der Waals surface area contributed by atoms with Crippen molar-refractivity contribution in [1.82, 2.24) is 4.57 Å². The molecular weight excluding hydrogens is 248 g/mol. The van der Waals surface area contributed by atoms with Crippen LogP contribution < -0.4 is 10.5 Å². The number of methoxy groups -OCH3 is 1. The molecule has 106 valence electrons. The van der Waals surface area contributed by atoms with E-state index >= 15 is 0 Å². The summed E-state index contributed by atoms with van der Waals surface area (Å²) in [6.07, 6.45) is 6.70. The van der Waals surface area contributed by atoms with Crippen LogP contribution >= 0.6 is 0 Å². The zero-order chi connectivity index (χ0) is 13.9. The Morgan fingerprint density at radius 2 is 2.25 bits per heavy atom. The topological polar surface area (TPSA) is 40.2 Å². The molecule has 0 bridgehead atoms. The maximum absolute atomic E-state index is 6.17. The highest BCUT2D eigenvalue weighted by Gasteiger charge is 2.19. The van der Waals surface area contributed by atoms with Gasteiger partial charge in [-0.05, 0) is 55.0 Å². The zero-order valence-corrected chi connectivity index (χ0v) is 12.0. The van der Waals surface area contributed by atoms with Gasteiger partial charge >= 0.3 is 0 Å². The molecule has 0 radical (unpaired) electrons. The lowest BCUT2D eigenvalue weighted by Crippen LogP contribution is -2.18. The molecule has 20 heavy (non-hydrogen) atoms. The van der Waals surface area contributed by atoms with Crippen molar-refractivity contribution in [2.75, 3.05) is 7.11 Å². The number of hydrogen-bond acceptors (Lipinski definition) is 2. The third kappa shape index (κ3) is 2.59. The molecule has 1 aliphatic carbocycles. The Labute approximate surface area is 120 Å². The summed E-state index contributed by atoms with van der Waals surface area (Å²) in [4.78, 5) is 0. The van der Waals surface area contributed by atoms with Gasteiger partial charge in [0, 0.05) is 24.5 Å². The number of nitrogens with two attached hydrogens (primary N) is 1. The van der Waals surface area contributed by atoms with E-state index < -0.39 is 0 Å². The quantitative estimate of drug-likeness (QED) is 0.927. The lowest BCUT2D eigenvalue weighted by Gasteiger charge is -2.21. The fourth-order valence-electron chi connectivity index (χ4n) is 3.08. The van der Waals surface area contributed by atoms with E-state index in [0.29, 0.717) is 0 Å². The fraction of sp³-hybridized carbons (Fsp3) is 0.412. The van der Waals surface area contributed by atoms with Crippen LogP contribution in [0.2, 0.25) is 0 Å². The molecule has 0 fully saturated rings. The Kier molecular flexibility index (Phi) is 3.79. The second-order valence-electron chi connectivity index (χ2n) is 5.51. The molecule has 0 aliphatic heterocycles. The first-order valence-corrected chi connectivity index (χ1v) is 7.34. The number of rotatable bonds is 4. The lowest BCUT2D eigenvalue weighted by molar-refractivity contribution is 0.414. The molecule has 1 atom stereocenters. The van der Waals surface area contributed by atoms with Gasteiger partial charge in [-0.1, -0.05) is 12.1 Å². The molecule has 3 heteroatoms. The first-order chi connectivity index (χ1) is 9.78.